The topological polar surface area (TPSA) is 104 Å². The highest BCUT2D eigenvalue weighted by Gasteiger charge is 2.25. The third-order valence-corrected chi connectivity index (χ3v) is 4.16. The first kappa shape index (κ1) is 21.7. The van der Waals surface area contributed by atoms with E-state index in [1.165, 1.54) is 6.26 Å². The van der Waals surface area contributed by atoms with Gasteiger partial charge in [0, 0.05) is 52.2 Å². The van der Waals surface area contributed by atoms with Crippen molar-refractivity contribution in [2.75, 3.05) is 45.8 Å². The van der Waals surface area contributed by atoms with Crippen molar-refractivity contribution < 1.29 is 23.5 Å². The summed E-state index contributed by atoms with van der Waals surface area (Å²) in [7, 11) is 0. The van der Waals surface area contributed by atoms with Gasteiger partial charge < -0.3 is 24.7 Å². The minimum atomic E-state index is -0.490. The number of nitrogens with one attached hydrogen (secondary N) is 2. The second-order valence-corrected chi connectivity index (χ2v) is 7.64. The Labute approximate surface area is 165 Å². The molecule has 0 aromatic carbocycles. The van der Waals surface area contributed by atoms with Crippen LogP contribution in [0.1, 0.15) is 37.7 Å². The van der Waals surface area contributed by atoms with Gasteiger partial charge in [0.2, 0.25) is 5.91 Å². The number of amides is 3. The van der Waals surface area contributed by atoms with Crippen molar-refractivity contribution in [2.45, 2.75) is 32.8 Å². The normalized spacial score (nSPS) is 15.2. The van der Waals surface area contributed by atoms with E-state index in [1.807, 2.05) is 20.8 Å². The molecule has 0 atom stereocenters. The van der Waals surface area contributed by atoms with Gasteiger partial charge in [-0.15, -0.1) is 0 Å². The van der Waals surface area contributed by atoms with E-state index in [4.69, 9.17) is 9.15 Å². The highest BCUT2D eigenvalue weighted by molar-refractivity contribution is 5.91. The van der Waals surface area contributed by atoms with Crippen molar-refractivity contribution in [3.05, 3.63) is 24.2 Å². The monoisotopic (exact) mass is 394 g/mol. The van der Waals surface area contributed by atoms with Crippen molar-refractivity contribution in [2.24, 2.45) is 0 Å². The Morgan fingerprint density at radius 2 is 1.82 bits per heavy atom. The van der Waals surface area contributed by atoms with Crippen molar-refractivity contribution in [1.29, 1.82) is 0 Å². The van der Waals surface area contributed by atoms with Gasteiger partial charge in [0.25, 0.3) is 5.91 Å². The fraction of sp³-hybridized carbons (Fsp3) is 0.632. The summed E-state index contributed by atoms with van der Waals surface area (Å²) in [6, 6.07) is 3.20. The van der Waals surface area contributed by atoms with Crippen LogP contribution in [0.3, 0.4) is 0 Å². The van der Waals surface area contributed by atoms with Crippen LogP contribution in [0, 0.1) is 0 Å². The number of nitrogens with zero attached hydrogens (tertiary/aromatic N) is 2. The average molecular weight is 394 g/mol. The van der Waals surface area contributed by atoms with Crippen LogP contribution in [0.15, 0.2) is 22.8 Å². The molecule has 2 rings (SSSR count). The zero-order chi connectivity index (χ0) is 20.6. The van der Waals surface area contributed by atoms with E-state index >= 15 is 0 Å². The third-order valence-electron chi connectivity index (χ3n) is 4.16. The first-order valence-corrected chi connectivity index (χ1v) is 9.53. The summed E-state index contributed by atoms with van der Waals surface area (Å²) < 4.78 is 10.4. The molecule has 0 spiro atoms. The van der Waals surface area contributed by atoms with Gasteiger partial charge in [0.15, 0.2) is 5.76 Å². The molecule has 3 amide bonds. The maximum Gasteiger partial charge on any atom is 0.410 e. The number of hydrogen-bond acceptors (Lipinski definition) is 6. The Hall–Kier alpha value is -2.55. The number of carbonyl (C=O) groups excluding carboxylic acids is 3. The van der Waals surface area contributed by atoms with Crippen molar-refractivity contribution in [3.63, 3.8) is 0 Å². The fourth-order valence-corrected chi connectivity index (χ4v) is 2.71. The largest absolute Gasteiger partial charge is 0.459 e. The molecular formula is C19H30N4O5. The lowest BCUT2D eigenvalue weighted by Gasteiger charge is -2.35. The predicted molar refractivity (Wildman–Crippen MR) is 103 cm³/mol. The zero-order valence-electron chi connectivity index (χ0n) is 16.8. The van der Waals surface area contributed by atoms with Crippen LogP contribution in [-0.2, 0) is 9.53 Å². The van der Waals surface area contributed by atoms with Gasteiger partial charge in [0.1, 0.15) is 5.60 Å². The molecule has 1 saturated heterocycles. The van der Waals surface area contributed by atoms with Gasteiger partial charge in [-0.3, -0.25) is 14.5 Å². The molecule has 9 heteroatoms. The number of carbonyl (C=O) groups is 3. The van der Waals surface area contributed by atoms with Crippen molar-refractivity contribution >= 4 is 17.9 Å². The fourth-order valence-electron chi connectivity index (χ4n) is 2.71. The molecule has 9 nitrogen and oxygen atoms in total. The van der Waals surface area contributed by atoms with E-state index in [-0.39, 0.29) is 36.6 Å². The van der Waals surface area contributed by atoms with E-state index in [0.717, 1.165) is 13.1 Å². The Balaban J connectivity index is 1.54. The van der Waals surface area contributed by atoms with Gasteiger partial charge >= 0.3 is 6.09 Å². The molecule has 28 heavy (non-hydrogen) atoms. The van der Waals surface area contributed by atoms with Crippen LogP contribution in [0.4, 0.5) is 4.79 Å². The van der Waals surface area contributed by atoms with Crippen LogP contribution in [-0.4, -0.2) is 79.1 Å². The molecule has 2 heterocycles. The quantitative estimate of drug-likeness (QED) is 0.717. The molecule has 0 aliphatic carbocycles. The third kappa shape index (κ3) is 7.59. The SMILES string of the molecule is CC(C)(C)OC(=O)N1CCN(CCNC(=O)CCNC(=O)c2ccco2)CC1. The van der Waals surface area contributed by atoms with Crippen molar-refractivity contribution in [1.82, 2.24) is 20.4 Å². The van der Waals surface area contributed by atoms with Gasteiger partial charge in [-0.25, -0.2) is 4.79 Å². The second kappa shape index (κ2) is 10.1. The minimum absolute atomic E-state index is 0.118. The van der Waals surface area contributed by atoms with Gasteiger partial charge in [-0.05, 0) is 32.9 Å². The van der Waals surface area contributed by atoms with Crippen LogP contribution < -0.4 is 10.6 Å². The molecule has 2 N–H and O–H groups in total. The molecule has 0 radical (unpaired) electrons. The molecule has 0 saturated carbocycles. The highest BCUT2D eigenvalue weighted by Crippen LogP contribution is 2.11. The summed E-state index contributed by atoms with van der Waals surface area (Å²) in [4.78, 5) is 39.5. The van der Waals surface area contributed by atoms with E-state index in [9.17, 15) is 14.4 Å². The molecule has 0 unspecified atom stereocenters. The number of hydrogen-bond donors (Lipinski definition) is 2. The second-order valence-electron chi connectivity index (χ2n) is 7.64. The lowest BCUT2D eigenvalue weighted by molar-refractivity contribution is -0.121. The maximum absolute atomic E-state index is 12.0. The molecule has 156 valence electrons. The summed E-state index contributed by atoms with van der Waals surface area (Å²) in [5, 5.41) is 5.48. The summed E-state index contributed by atoms with van der Waals surface area (Å²) in [5.74, 6) is -0.223. The van der Waals surface area contributed by atoms with Crippen LogP contribution in [0.5, 0.6) is 0 Å². The summed E-state index contributed by atoms with van der Waals surface area (Å²) >= 11 is 0. The van der Waals surface area contributed by atoms with Gasteiger partial charge in [0.05, 0.1) is 6.26 Å². The molecule has 1 aromatic heterocycles. The molecule has 1 fully saturated rings. The molecule has 1 aliphatic heterocycles. The summed E-state index contributed by atoms with van der Waals surface area (Å²) in [5.41, 5.74) is -0.490. The molecule has 0 bridgehead atoms. The van der Waals surface area contributed by atoms with Crippen LogP contribution >= 0.6 is 0 Å². The van der Waals surface area contributed by atoms with E-state index in [2.05, 4.69) is 15.5 Å². The average Bonchev–Trinajstić information content (AvgIpc) is 3.15. The maximum atomic E-state index is 12.0. The van der Waals surface area contributed by atoms with E-state index in [1.54, 1.807) is 17.0 Å². The van der Waals surface area contributed by atoms with Gasteiger partial charge in [-0.1, -0.05) is 0 Å². The summed E-state index contributed by atoms with van der Waals surface area (Å²) in [6.07, 6.45) is 1.35. The Morgan fingerprint density at radius 3 is 2.43 bits per heavy atom. The predicted octanol–water partition coefficient (Wildman–Crippen LogP) is 1.07. The number of rotatable bonds is 7. The summed E-state index contributed by atoms with van der Waals surface area (Å²) in [6.45, 7) is 9.76. The number of furan rings is 1. The first-order valence-electron chi connectivity index (χ1n) is 9.53. The number of piperazine rings is 1. The lowest BCUT2D eigenvalue weighted by atomic mass is 10.2. The molecule has 1 aromatic rings. The lowest BCUT2D eigenvalue weighted by Crippen LogP contribution is -2.51. The zero-order valence-corrected chi connectivity index (χ0v) is 16.8. The smallest absolute Gasteiger partial charge is 0.410 e. The standard InChI is InChI=1S/C19H30N4O5/c1-19(2,3)28-18(26)23-12-10-22(11-13-23)9-8-20-16(24)6-7-21-17(25)15-5-4-14-27-15/h4-5,14H,6-13H2,1-3H3,(H,20,24)(H,21,25). The Morgan fingerprint density at radius 1 is 1.11 bits per heavy atom. The van der Waals surface area contributed by atoms with E-state index in [0.29, 0.717) is 26.2 Å². The highest BCUT2D eigenvalue weighted by atomic mass is 16.6. The Kier molecular flexibility index (Phi) is 7.86. The first-order chi connectivity index (χ1) is 13.2. The van der Waals surface area contributed by atoms with E-state index < -0.39 is 5.60 Å². The van der Waals surface area contributed by atoms with Gasteiger partial charge in [-0.2, -0.15) is 0 Å². The number of ether oxygens (including phenoxy) is 1. The van der Waals surface area contributed by atoms with Crippen molar-refractivity contribution in [3.8, 4) is 0 Å². The van der Waals surface area contributed by atoms with Crippen LogP contribution in [0.25, 0.3) is 0 Å². The van der Waals surface area contributed by atoms with Crippen LogP contribution in [0.2, 0.25) is 0 Å². The molecular weight excluding hydrogens is 364 g/mol. The Bertz CT molecular complexity index is 646. The molecule has 1 aliphatic rings. The minimum Gasteiger partial charge on any atom is -0.459 e.